The zero-order valence-corrected chi connectivity index (χ0v) is 21.3. The van der Waals surface area contributed by atoms with Crippen LogP contribution in [0.15, 0.2) is 78.0 Å². The molecular formula is C25H26NNaO3S. The first-order chi connectivity index (χ1) is 14.4. The van der Waals surface area contributed by atoms with Crippen LogP contribution in [0.5, 0.6) is 0 Å². The van der Waals surface area contributed by atoms with Crippen LogP contribution in [0.2, 0.25) is 0 Å². The maximum Gasteiger partial charge on any atom is 1.00 e. The van der Waals surface area contributed by atoms with Crippen LogP contribution < -0.4 is 34.8 Å². The van der Waals surface area contributed by atoms with E-state index < -0.39 is 0 Å². The Bertz CT molecular complexity index is 1030. The third-order valence-electron chi connectivity index (χ3n) is 4.61. The summed E-state index contributed by atoms with van der Waals surface area (Å²) in [6, 6.07) is 17.7. The van der Waals surface area contributed by atoms with Gasteiger partial charge in [0.05, 0.1) is 0 Å². The van der Waals surface area contributed by atoms with Crippen molar-refractivity contribution in [3.05, 3.63) is 95.3 Å². The maximum absolute atomic E-state index is 12.6. The van der Waals surface area contributed by atoms with Crippen molar-refractivity contribution in [3.63, 3.8) is 0 Å². The van der Waals surface area contributed by atoms with Gasteiger partial charge in [0.15, 0.2) is 5.78 Å². The minimum Gasteiger partial charge on any atom is -0.723 e. The largest absolute Gasteiger partial charge is 1.00 e. The SMILES string of the molecule is Cc1ccc(C(=O)c2ccn(C/C=C/c3cccc(SC(C)(C)CO[O-])c3)c2)cc1.[Na+]. The quantitative estimate of drug-likeness (QED) is 0.167. The second-order valence-corrected chi connectivity index (χ2v) is 9.67. The molecular weight excluding hydrogens is 417 g/mol. The van der Waals surface area contributed by atoms with E-state index >= 15 is 0 Å². The predicted octanol–water partition coefficient (Wildman–Crippen LogP) is 1.91. The normalized spacial score (nSPS) is 11.5. The van der Waals surface area contributed by atoms with Crippen LogP contribution in [0, 0.1) is 6.92 Å². The van der Waals surface area contributed by atoms with Gasteiger partial charge < -0.3 is 14.7 Å². The zero-order chi connectivity index (χ0) is 21.6. The first kappa shape index (κ1) is 25.7. The van der Waals surface area contributed by atoms with E-state index in [1.165, 1.54) is 0 Å². The monoisotopic (exact) mass is 443 g/mol. The van der Waals surface area contributed by atoms with Gasteiger partial charge in [-0.3, -0.25) is 4.79 Å². The molecule has 0 saturated heterocycles. The van der Waals surface area contributed by atoms with Gasteiger partial charge in [-0.1, -0.05) is 54.1 Å². The van der Waals surface area contributed by atoms with Crippen LogP contribution in [0.25, 0.3) is 6.08 Å². The summed E-state index contributed by atoms with van der Waals surface area (Å²) in [5, 5.41) is 10.5. The van der Waals surface area contributed by atoms with Crippen molar-refractivity contribution in [2.75, 3.05) is 6.61 Å². The first-order valence-corrected chi connectivity index (χ1v) is 10.7. The van der Waals surface area contributed by atoms with Crippen LogP contribution in [-0.2, 0) is 11.4 Å². The standard InChI is InChI=1S/C25H27NO3S.Na/c1-19-9-11-21(12-10-19)24(27)22-13-15-26(17-22)14-5-7-20-6-4-8-23(16-20)30-25(2,3)18-29-28;/h4-13,15-17,28H,14,18H2,1-3H3;/q;+1/p-1/b7-5+;. The molecule has 0 fully saturated rings. The Morgan fingerprint density at radius 1 is 1.13 bits per heavy atom. The third-order valence-corrected chi connectivity index (χ3v) is 5.77. The molecule has 0 aliphatic carbocycles. The van der Waals surface area contributed by atoms with E-state index in [9.17, 15) is 10.1 Å². The van der Waals surface area contributed by atoms with Crippen LogP contribution in [0.4, 0.5) is 0 Å². The van der Waals surface area contributed by atoms with E-state index in [-0.39, 0.29) is 46.7 Å². The Labute approximate surface area is 210 Å². The number of rotatable bonds is 9. The summed E-state index contributed by atoms with van der Waals surface area (Å²) in [7, 11) is 0. The van der Waals surface area contributed by atoms with Crippen LogP contribution >= 0.6 is 11.8 Å². The molecule has 1 aromatic heterocycles. The van der Waals surface area contributed by atoms with Crippen molar-refractivity contribution in [2.45, 2.75) is 37.0 Å². The van der Waals surface area contributed by atoms with Gasteiger partial charge in [0.1, 0.15) is 0 Å². The molecule has 156 valence electrons. The van der Waals surface area contributed by atoms with Gasteiger partial charge >= 0.3 is 29.6 Å². The van der Waals surface area contributed by atoms with Gasteiger partial charge in [0, 0.05) is 46.3 Å². The first-order valence-electron chi connectivity index (χ1n) is 9.84. The summed E-state index contributed by atoms with van der Waals surface area (Å²) in [6.07, 6.45) is 7.92. The third kappa shape index (κ3) is 7.79. The van der Waals surface area contributed by atoms with Crippen molar-refractivity contribution in [3.8, 4) is 0 Å². The van der Waals surface area contributed by atoms with Gasteiger partial charge in [-0.2, -0.15) is 0 Å². The molecule has 3 aromatic rings. The smallest absolute Gasteiger partial charge is 0.723 e. The summed E-state index contributed by atoms with van der Waals surface area (Å²) < 4.78 is 1.71. The van der Waals surface area contributed by atoms with E-state index in [1.54, 1.807) is 11.8 Å². The minimum atomic E-state index is -0.282. The summed E-state index contributed by atoms with van der Waals surface area (Å²) in [6.45, 7) is 6.80. The fraction of sp³-hybridized carbons (Fsp3) is 0.240. The Morgan fingerprint density at radius 2 is 1.87 bits per heavy atom. The number of benzene rings is 2. The number of carbonyl (C=O) groups excluding carboxylic acids is 1. The fourth-order valence-electron chi connectivity index (χ4n) is 3.04. The van der Waals surface area contributed by atoms with E-state index in [4.69, 9.17) is 0 Å². The fourth-order valence-corrected chi connectivity index (χ4v) is 4.13. The summed E-state index contributed by atoms with van der Waals surface area (Å²) in [4.78, 5) is 17.8. The molecule has 0 N–H and O–H groups in total. The van der Waals surface area contributed by atoms with Gasteiger partial charge in [0.25, 0.3) is 0 Å². The average Bonchev–Trinajstić information content (AvgIpc) is 3.17. The van der Waals surface area contributed by atoms with Crippen molar-refractivity contribution in [1.82, 2.24) is 4.57 Å². The van der Waals surface area contributed by atoms with Gasteiger partial charge in [0.2, 0.25) is 0 Å². The molecule has 0 saturated carbocycles. The molecule has 0 spiro atoms. The molecule has 6 heteroatoms. The topological polar surface area (TPSA) is 54.3 Å². The van der Waals surface area contributed by atoms with Gasteiger partial charge in [-0.05, 0) is 44.5 Å². The van der Waals surface area contributed by atoms with E-state index in [1.807, 2.05) is 86.3 Å². The molecule has 0 atom stereocenters. The second-order valence-electron chi connectivity index (χ2n) is 7.89. The van der Waals surface area contributed by atoms with Crippen molar-refractivity contribution >= 4 is 23.6 Å². The number of allylic oxidation sites excluding steroid dienone is 1. The molecule has 31 heavy (non-hydrogen) atoms. The number of nitrogens with zero attached hydrogens (tertiary/aromatic N) is 1. The van der Waals surface area contributed by atoms with Crippen molar-refractivity contribution < 1.29 is 44.5 Å². The molecule has 0 unspecified atom stereocenters. The number of aromatic nitrogens is 1. The molecule has 0 bridgehead atoms. The van der Waals surface area contributed by atoms with Gasteiger partial charge in [-0.25, -0.2) is 0 Å². The van der Waals surface area contributed by atoms with Crippen molar-refractivity contribution in [1.29, 1.82) is 0 Å². The number of hydrogen-bond donors (Lipinski definition) is 0. The Morgan fingerprint density at radius 3 is 2.58 bits per heavy atom. The number of ketones is 1. The summed E-state index contributed by atoms with van der Waals surface area (Å²) in [5.74, 6) is 0.0344. The number of thioether (sulfide) groups is 1. The number of aryl methyl sites for hydroxylation is 1. The Kier molecular flexibility index (Phi) is 9.82. The van der Waals surface area contributed by atoms with Crippen molar-refractivity contribution in [2.24, 2.45) is 0 Å². The van der Waals surface area contributed by atoms with E-state index in [0.717, 1.165) is 16.0 Å². The van der Waals surface area contributed by atoms with Crippen LogP contribution in [0.3, 0.4) is 0 Å². The summed E-state index contributed by atoms with van der Waals surface area (Å²) >= 11 is 1.62. The predicted molar refractivity (Wildman–Crippen MR) is 120 cm³/mol. The van der Waals surface area contributed by atoms with Crippen LogP contribution in [0.1, 0.15) is 40.9 Å². The molecule has 3 rings (SSSR count). The van der Waals surface area contributed by atoms with E-state index in [0.29, 0.717) is 17.7 Å². The molecule has 0 aliphatic heterocycles. The zero-order valence-electron chi connectivity index (χ0n) is 18.5. The number of carbonyl (C=O) groups is 1. The van der Waals surface area contributed by atoms with E-state index in [2.05, 4.69) is 23.1 Å². The summed E-state index contributed by atoms with van der Waals surface area (Å²) in [5.41, 5.74) is 3.61. The second kappa shape index (κ2) is 11.9. The molecule has 1 heterocycles. The Balaban J connectivity index is 0.00000341. The molecule has 2 aromatic carbocycles. The molecule has 4 nitrogen and oxygen atoms in total. The number of hydrogen-bond acceptors (Lipinski definition) is 4. The van der Waals surface area contributed by atoms with Crippen LogP contribution in [-0.4, -0.2) is 21.7 Å². The minimum absolute atomic E-state index is 0. The maximum atomic E-state index is 12.6. The van der Waals surface area contributed by atoms with Gasteiger partial charge in [-0.15, -0.1) is 11.8 Å². The molecule has 0 aliphatic rings. The molecule has 0 radical (unpaired) electrons. The molecule has 0 amide bonds. The Hall–Kier alpha value is -1.60. The average molecular weight is 444 g/mol.